The summed E-state index contributed by atoms with van der Waals surface area (Å²) in [5.74, 6) is -0.574. The summed E-state index contributed by atoms with van der Waals surface area (Å²) in [6.45, 7) is 2.42. The molecule has 0 bridgehead atoms. The summed E-state index contributed by atoms with van der Waals surface area (Å²) in [6.07, 6.45) is 0.197. The topological polar surface area (TPSA) is 49.4 Å². The summed E-state index contributed by atoms with van der Waals surface area (Å²) in [5, 5.41) is 5.64. The predicted octanol–water partition coefficient (Wildman–Crippen LogP) is 5.12. The average Bonchev–Trinajstić information content (AvgIpc) is 3.36. The maximum atomic E-state index is 13.1. The van der Waals surface area contributed by atoms with Crippen LogP contribution in [-0.2, 0) is 16.1 Å². The van der Waals surface area contributed by atoms with Gasteiger partial charge in [0.25, 0.3) is 0 Å². The fourth-order valence-electron chi connectivity index (χ4n) is 3.69. The largest absolute Gasteiger partial charge is 0.352 e. The van der Waals surface area contributed by atoms with Gasteiger partial charge in [-0.25, -0.2) is 0 Å². The van der Waals surface area contributed by atoms with E-state index < -0.39 is 5.92 Å². The van der Waals surface area contributed by atoms with Crippen molar-refractivity contribution in [3.8, 4) is 0 Å². The van der Waals surface area contributed by atoms with Crippen LogP contribution in [0.15, 0.2) is 66.0 Å². The summed E-state index contributed by atoms with van der Waals surface area (Å²) in [7, 11) is 0. The van der Waals surface area contributed by atoms with Crippen LogP contribution in [0.5, 0.6) is 0 Å². The first-order chi connectivity index (χ1) is 14.0. The molecule has 1 fully saturated rings. The summed E-state index contributed by atoms with van der Waals surface area (Å²) in [4.78, 5) is 28.8. The van der Waals surface area contributed by atoms with E-state index >= 15 is 0 Å². The molecule has 0 unspecified atom stereocenters. The smallest absolute Gasteiger partial charge is 0.228 e. The minimum atomic E-state index is -0.435. The summed E-state index contributed by atoms with van der Waals surface area (Å²) in [5.41, 5.74) is 2.92. The normalized spacial score (nSPS) is 18.8. The molecule has 1 aromatic heterocycles. The van der Waals surface area contributed by atoms with E-state index in [-0.39, 0.29) is 24.3 Å². The zero-order chi connectivity index (χ0) is 20.4. The van der Waals surface area contributed by atoms with Crippen LogP contribution < -0.4 is 10.2 Å². The van der Waals surface area contributed by atoms with Gasteiger partial charge in [-0.1, -0.05) is 47.5 Å². The highest BCUT2D eigenvalue weighted by atomic mass is 35.5. The zero-order valence-electron chi connectivity index (χ0n) is 16.0. The summed E-state index contributed by atoms with van der Waals surface area (Å²) < 4.78 is 0. The number of hydrogen-bond acceptors (Lipinski definition) is 3. The SMILES string of the molecule is Cc1ccc(N2C(=O)C[C@H](C(=O)NCc3ccc(Cl)cc3)[C@H]2c2cccs2)cc1. The monoisotopic (exact) mass is 424 g/mol. The van der Waals surface area contributed by atoms with Crippen LogP contribution in [0.4, 0.5) is 5.69 Å². The van der Waals surface area contributed by atoms with Gasteiger partial charge >= 0.3 is 0 Å². The van der Waals surface area contributed by atoms with Crippen LogP contribution in [0.2, 0.25) is 5.02 Å². The summed E-state index contributed by atoms with van der Waals surface area (Å²) >= 11 is 7.50. The molecule has 1 saturated heterocycles. The Bertz CT molecular complexity index is 1000. The lowest BCUT2D eigenvalue weighted by atomic mass is 9.97. The van der Waals surface area contributed by atoms with Crippen LogP contribution in [-0.4, -0.2) is 11.8 Å². The maximum absolute atomic E-state index is 13.1. The fourth-order valence-corrected chi connectivity index (χ4v) is 4.69. The molecule has 3 aromatic rings. The molecule has 1 N–H and O–H groups in total. The van der Waals surface area contributed by atoms with Gasteiger partial charge in [-0.2, -0.15) is 0 Å². The van der Waals surface area contributed by atoms with E-state index in [1.807, 2.05) is 60.8 Å². The molecule has 6 heteroatoms. The zero-order valence-corrected chi connectivity index (χ0v) is 17.5. The number of nitrogens with zero attached hydrogens (tertiary/aromatic N) is 1. The first-order valence-electron chi connectivity index (χ1n) is 9.47. The first kappa shape index (κ1) is 19.7. The van der Waals surface area contributed by atoms with Crippen LogP contribution in [0, 0.1) is 12.8 Å². The van der Waals surface area contributed by atoms with Gasteiger partial charge in [-0.05, 0) is 48.2 Å². The van der Waals surface area contributed by atoms with Crippen molar-refractivity contribution in [2.24, 2.45) is 5.92 Å². The number of nitrogens with one attached hydrogen (secondary N) is 1. The van der Waals surface area contributed by atoms with Crippen molar-refractivity contribution in [2.75, 3.05) is 4.90 Å². The average molecular weight is 425 g/mol. The van der Waals surface area contributed by atoms with Gasteiger partial charge in [0.15, 0.2) is 0 Å². The highest BCUT2D eigenvalue weighted by Crippen LogP contribution is 2.43. The molecule has 4 nitrogen and oxygen atoms in total. The van der Waals surface area contributed by atoms with E-state index in [1.54, 1.807) is 28.4 Å². The Kier molecular flexibility index (Phi) is 5.69. The number of anilines is 1. The highest BCUT2D eigenvalue weighted by Gasteiger charge is 2.45. The molecule has 0 radical (unpaired) electrons. The Hall–Kier alpha value is -2.63. The quantitative estimate of drug-likeness (QED) is 0.617. The van der Waals surface area contributed by atoms with Crippen LogP contribution in [0.1, 0.15) is 28.5 Å². The first-order valence-corrected chi connectivity index (χ1v) is 10.7. The molecular weight excluding hydrogens is 404 g/mol. The van der Waals surface area contributed by atoms with Crippen LogP contribution in [0.25, 0.3) is 0 Å². The number of amides is 2. The van der Waals surface area contributed by atoms with Gasteiger partial charge in [0, 0.05) is 28.6 Å². The molecule has 0 saturated carbocycles. The molecule has 2 atom stereocenters. The number of carbonyl (C=O) groups is 2. The van der Waals surface area contributed by atoms with Crippen LogP contribution >= 0.6 is 22.9 Å². The van der Waals surface area contributed by atoms with Crippen molar-refractivity contribution in [3.63, 3.8) is 0 Å². The van der Waals surface area contributed by atoms with Gasteiger partial charge < -0.3 is 10.2 Å². The molecule has 1 aliphatic rings. The van der Waals surface area contributed by atoms with Crippen molar-refractivity contribution in [1.29, 1.82) is 0 Å². The Morgan fingerprint density at radius 1 is 1.14 bits per heavy atom. The third kappa shape index (κ3) is 4.21. The Morgan fingerprint density at radius 3 is 2.52 bits per heavy atom. The number of thiophene rings is 1. The van der Waals surface area contributed by atoms with E-state index in [1.165, 1.54) is 0 Å². The Labute approximate surface area is 179 Å². The molecule has 2 amide bonds. The second-order valence-corrected chi connectivity index (χ2v) is 8.63. The van der Waals surface area contributed by atoms with E-state index in [0.29, 0.717) is 11.6 Å². The number of carbonyl (C=O) groups excluding carboxylic acids is 2. The molecule has 0 spiro atoms. The van der Waals surface area contributed by atoms with E-state index in [0.717, 1.165) is 21.7 Å². The standard InChI is InChI=1S/C23H21ClN2O2S/c1-15-4-10-18(11-5-15)26-21(27)13-19(22(26)20-3-2-12-29-20)23(28)25-14-16-6-8-17(24)9-7-16/h2-12,19,22H,13-14H2,1H3,(H,25,28)/t19-,22-/m0/s1. The van der Waals surface area contributed by atoms with Gasteiger partial charge in [-0.3, -0.25) is 9.59 Å². The lowest BCUT2D eigenvalue weighted by molar-refractivity contribution is -0.126. The fraction of sp³-hybridized carbons (Fsp3) is 0.217. The van der Waals surface area contributed by atoms with Gasteiger partial charge in [0.1, 0.15) is 0 Å². The van der Waals surface area contributed by atoms with Crippen molar-refractivity contribution >= 4 is 40.4 Å². The Morgan fingerprint density at radius 2 is 1.86 bits per heavy atom. The molecule has 1 aliphatic heterocycles. The van der Waals surface area contributed by atoms with Gasteiger partial charge in [-0.15, -0.1) is 11.3 Å². The molecule has 29 heavy (non-hydrogen) atoms. The molecule has 4 rings (SSSR count). The van der Waals surface area contributed by atoms with E-state index in [2.05, 4.69) is 5.32 Å². The molecule has 148 valence electrons. The van der Waals surface area contributed by atoms with Crippen molar-refractivity contribution in [1.82, 2.24) is 5.32 Å². The second-order valence-electron chi connectivity index (χ2n) is 7.21. The van der Waals surface area contributed by atoms with Crippen molar-refractivity contribution in [2.45, 2.75) is 25.9 Å². The Balaban J connectivity index is 1.58. The lowest BCUT2D eigenvalue weighted by Crippen LogP contribution is -2.35. The second kappa shape index (κ2) is 8.39. The highest BCUT2D eigenvalue weighted by molar-refractivity contribution is 7.10. The lowest BCUT2D eigenvalue weighted by Gasteiger charge is -2.27. The number of hydrogen-bond donors (Lipinski definition) is 1. The van der Waals surface area contributed by atoms with E-state index in [4.69, 9.17) is 11.6 Å². The minimum absolute atomic E-state index is 0.0288. The molecule has 2 aromatic carbocycles. The number of rotatable bonds is 5. The minimum Gasteiger partial charge on any atom is -0.352 e. The summed E-state index contributed by atoms with van der Waals surface area (Å²) in [6, 6.07) is 18.9. The van der Waals surface area contributed by atoms with Crippen molar-refractivity contribution < 1.29 is 9.59 Å². The number of aryl methyl sites for hydroxylation is 1. The molecular formula is C23H21ClN2O2S. The number of halogens is 1. The van der Waals surface area contributed by atoms with E-state index in [9.17, 15) is 9.59 Å². The third-order valence-corrected chi connectivity index (χ3v) is 6.38. The maximum Gasteiger partial charge on any atom is 0.228 e. The van der Waals surface area contributed by atoms with Gasteiger partial charge in [0.05, 0.1) is 12.0 Å². The third-order valence-electron chi connectivity index (χ3n) is 5.19. The predicted molar refractivity (Wildman–Crippen MR) is 117 cm³/mol. The van der Waals surface area contributed by atoms with Crippen molar-refractivity contribution in [3.05, 3.63) is 87.1 Å². The van der Waals surface area contributed by atoms with Gasteiger partial charge in [0.2, 0.25) is 11.8 Å². The molecule has 0 aliphatic carbocycles. The van der Waals surface area contributed by atoms with Crippen LogP contribution in [0.3, 0.4) is 0 Å². The molecule has 2 heterocycles. The number of benzene rings is 2.